The fourth-order valence-electron chi connectivity index (χ4n) is 1.67. The number of hydrogen-bond acceptors (Lipinski definition) is 1. The van der Waals surface area contributed by atoms with Crippen LogP contribution in [0.25, 0.3) is 0 Å². The van der Waals surface area contributed by atoms with Gasteiger partial charge in [0.15, 0.2) is 0 Å². The van der Waals surface area contributed by atoms with E-state index in [1.54, 1.807) is 6.07 Å². The molecule has 0 heterocycles. The molecule has 0 fully saturated rings. The van der Waals surface area contributed by atoms with Gasteiger partial charge in [0.25, 0.3) is 0 Å². The molecule has 0 aliphatic heterocycles. The molecule has 0 aliphatic carbocycles. The summed E-state index contributed by atoms with van der Waals surface area (Å²) in [5.41, 5.74) is 3.34. The van der Waals surface area contributed by atoms with Gasteiger partial charge < -0.3 is 5.32 Å². The van der Waals surface area contributed by atoms with Crippen LogP contribution in [0, 0.1) is 6.92 Å². The smallest absolute Gasteiger partial charge is 0.0424 e. The molecule has 0 amide bonds. The van der Waals surface area contributed by atoms with Gasteiger partial charge in [0, 0.05) is 26.8 Å². The number of halogens is 3. The zero-order chi connectivity index (χ0) is 13.1. The molecular formula is C14H12BrCl2N. The van der Waals surface area contributed by atoms with E-state index in [0.29, 0.717) is 16.6 Å². The highest BCUT2D eigenvalue weighted by molar-refractivity contribution is 9.10. The van der Waals surface area contributed by atoms with Crippen molar-refractivity contribution in [3.05, 3.63) is 62.0 Å². The highest BCUT2D eigenvalue weighted by Gasteiger charge is 2.00. The second kappa shape index (κ2) is 5.96. The summed E-state index contributed by atoms with van der Waals surface area (Å²) in [4.78, 5) is 0. The Morgan fingerprint density at radius 3 is 2.33 bits per heavy atom. The van der Waals surface area contributed by atoms with E-state index < -0.39 is 0 Å². The molecule has 0 spiro atoms. The predicted molar refractivity (Wildman–Crippen MR) is 82.7 cm³/mol. The fourth-order valence-corrected chi connectivity index (χ4v) is 2.49. The summed E-state index contributed by atoms with van der Waals surface area (Å²) >= 11 is 15.4. The van der Waals surface area contributed by atoms with Crippen LogP contribution in [0.2, 0.25) is 10.0 Å². The number of anilines is 1. The van der Waals surface area contributed by atoms with E-state index in [1.807, 2.05) is 24.3 Å². The molecule has 0 unspecified atom stereocenters. The van der Waals surface area contributed by atoms with E-state index in [-0.39, 0.29) is 0 Å². The van der Waals surface area contributed by atoms with Gasteiger partial charge in [0.05, 0.1) is 0 Å². The maximum absolute atomic E-state index is 5.96. The lowest BCUT2D eigenvalue weighted by molar-refractivity contribution is 1.15. The Balaban J connectivity index is 2.08. The molecule has 4 heteroatoms. The van der Waals surface area contributed by atoms with Crippen LogP contribution in [0.15, 0.2) is 40.9 Å². The average Bonchev–Trinajstić information content (AvgIpc) is 2.29. The van der Waals surface area contributed by atoms with Crippen molar-refractivity contribution in [1.82, 2.24) is 0 Å². The molecule has 2 aromatic carbocycles. The maximum Gasteiger partial charge on any atom is 0.0424 e. The molecule has 0 aromatic heterocycles. The molecule has 0 atom stereocenters. The molecule has 2 aromatic rings. The number of aryl methyl sites for hydroxylation is 1. The zero-order valence-electron chi connectivity index (χ0n) is 9.81. The van der Waals surface area contributed by atoms with Gasteiger partial charge >= 0.3 is 0 Å². The van der Waals surface area contributed by atoms with Crippen LogP contribution in [-0.2, 0) is 6.54 Å². The van der Waals surface area contributed by atoms with Crippen LogP contribution in [0.5, 0.6) is 0 Å². The van der Waals surface area contributed by atoms with Crippen LogP contribution in [0.1, 0.15) is 11.1 Å². The van der Waals surface area contributed by atoms with E-state index >= 15 is 0 Å². The second-order valence-electron chi connectivity index (χ2n) is 4.10. The summed E-state index contributed by atoms with van der Waals surface area (Å²) in [7, 11) is 0. The summed E-state index contributed by atoms with van der Waals surface area (Å²) in [6, 6.07) is 11.7. The Labute approximate surface area is 125 Å². The molecule has 0 radical (unpaired) electrons. The minimum absolute atomic E-state index is 0.659. The minimum Gasteiger partial charge on any atom is -0.381 e. The van der Waals surface area contributed by atoms with E-state index in [2.05, 4.69) is 34.2 Å². The highest BCUT2D eigenvalue weighted by atomic mass is 79.9. The van der Waals surface area contributed by atoms with E-state index in [4.69, 9.17) is 23.2 Å². The number of benzene rings is 2. The lowest BCUT2D eigenvalue weighted by atomic mass is 10.2. The molecule has 0 saturated carbocycles. The Hall–Kier alpha value is -0.700. The first kappa shape index (κ1) is 13.7. The van der Waals surface area contributed by atoms with E-state index in [9.17, 15) is 0 Å². The molecule has 94 valence electrons. The SMILES string of the molecule is Cc1cc(NCc2cc(Cl)cc(Cl)c2)ccc1Br. The normalized spacial score (nSPS) is 10.4. The largest absolute Gasteiger partial charge is 0.381 e. The second-order valence-corrected chi connectivity index (χ2v) is 5.82. The van der Waals surface area contributed by atoms with Crippen molar-refractivity contribution in [2.45, 2.75) is 13.5 Å². The quantitative estimate of drug-likeness (QED) is 0.755. The van der Waals surface area contributed by atoms with E-state index in [0.717, 1.165) is 15.7 Å². The van der Waals surface area contributed by atoms with Gasteiger partial charge in [-0.25, -0.2) is 0 Å². The summed E-state index contributed by atoms with van der Waals surface area (Å²) < 4.78 is 1.11. The third-order valence-electron chi connectivity index (χ3n) is 2.58. The van der Waals surface area contributed by atoms with Crippen molar-refractivity contribution in [1.29, 1.82) is 0 Å². The first-order chi connectivity index (χ1) is 8.54. The molecule has 0 aliphatic rings. The predicted octanol–water partition coefficient (Wildman–Crippen LogP) is 5.68. The van der Waals surface area contributed by atoms with Gasteiger partial charge in [-0.05, 0) is 54.4 Å². The summed E-state index contributed by atoms with van der Waals surface area (Å²) in [5, 5.41) is 4.66. The van der Waals surface area contributed by atoms with Gasteiger partial charge in [-0.15, -0.1) is 0 Å². The van der Waals surface area contributed by atoms with Crippen LogP contribution < -0.4 is 5.32 Å². The van der Waals surface area contributed by atoms with Crippen molar-refractivity contribution < 1.29 is 0 Å². The molecule has 1 nitrogen and oxygen atoms in total. The summed E-state index contributed by atoms with van der Waals surface area (Å²) in [5.74, 6) is 0. The topological polar surface area (TPSA) is 12.0 Å². The number of rotatable bonds is 3. The number of nitrogens with one attached hydrogen (secondary N) is 1. The zero-order valence-corrected chi connectivity index (χ0v) is 12.9. The van der Waals surface area contributed by atoms with Gasteiger partial charge in [-0.3, -0.25) is 0 Å². The summed E-state index contributed by atoms with van der Waals surface area (Å²) in [6.45, 7) is 2.76. The Bertz CT molecular complexity index is 549. The maximum atomic E-state index is 5.96. The molecule has 0 bridgehead atoms. The average molecular weight is 345 g/mol. The van der Waals surface area contributed by atoms with Gasteiger partial charge in [-0.1, -0.05) is 39.1 Å². The molecule has 0 saturated heterocycles. The lowest BCUT2D eigenvalue weighted by Gasteiger charge is -2.09. The van der Waals surface area contributed by atoms with Crippen molar-refractivity contribution in [2.75, 3.05) is 5.32 Å². The van der Waals surface area contributed by atoms with Gasteiger partial charge in [0.2, 0.25) is 0 Å². The van der Waals surface area contributed by atoms with Gasteiger partial charge in [0.1, 0.15) is 0 Å². The summed E-state index contributed by atoms with van der Waals surface area (Å²) in [6.07, 6.45) is 0. The van der Waals surface area contributed by atoms with Crippen molar-refractivity contribution in [3.8, 4) is 0 Å². The van der Waals surface area contributed by atoms with Crippen LogP contribution in [-0.4, -0.2) is 0 Å². The minimum atomic E-state index is 0.659. The highest BCUT2D eigenvalue weighted by Crippen LogP contribution is 2.22. The Morgan fingerprint density at radius 2 is 1.72 bits per heavy atom. The third kappa shape index (κ3) is 3.64. The monoisotopic (exact) mass is 343 g/mol. The molecule has 1 N–H and O–H groups in total. The first-order valence-electron chi connectivity index (χ1n) is 5.49. The standard InChI is InChI=1S/C14H12BrCl2N/c1-9-4-13(2-3-14(9)15)18-8-10-5-11(16)7-12(17)6-10/h2-7,18H,8H2,1H3. The lowest BCUT2D eigenvalue weighted by Crippen LogP contribution is -1.99. The fraction of sp³-hybridized carbons (Fsp3) is 0.143. The van der Waals surface area contributed by atoms with Gasteiger partial charge in [-0.2, -0.15) is 0 Å². The molecular weight excluding hydrogens is 333 g/mol. The van der Waals surface area contributed by atoms with Crippen molar-refractivity contribution in [3.63, 3.8) is 0 Å². The van der Waals surface area contributed by atoms with Crippen molar-refractivity contribution in [2.24, 2.45) is 0 Å². The van der Waals surface area contributed by atoms with E-state index in [1.165, 1.54) is 5.56 Å². The molecule has 2 rings (SSSR count). The van der Waals surface area contributed by atoms with Crippen LogP contribution >= 0.6 is 39.1 Å². The third-order valence-corrected chi connectivity index (χ3v) is 3.90. The molecule has 18 heavy (non-hydrogen) atoms. The van der Waals surface area contributed by atoms with Crippen LogP contribution in [0.4, 0.5) is 5.69 Å². The Kier molecular flexibility index (Phi) is 4.55. The Morgan fingerprint density at radius 1 is 1.06 bits per heavy atom. The van der Waals surface area contributed by atoms with Crippen molar-refractivity contribution >= 4 is 44.8 Å². The van der Waals surface area contributed by atoms with Crippen LogP contribution in [0.3, 0.4) is 0 Å². The number of hydrogen-bond donors (Lipinski definition) is 1. The first-order valence-corrected chi connectivity index (χ1v) is 7.04.